The first-order valence-corrected chi connectivity index (χ1v) is 6.96. The summed E-state index contributed by atoms with van der Waals surface area (Å²) in [4.78, 5) is 4.37. The number of rotatable bonds is 3. The first-order valence-electron chi connectivity index (χ1n) is 6.96. The number of aromatic nitrogens is 1. The molecule has 3 rings (SSSR count). The topological polar surface area (TPSA) is 54.7 Å². The Balaban J connectivity index is 2.20. The van der Waals surface area contributed by atoms with Gasteiger partial charge in [0.1, 0.15) is 5.75 Å². The molecule has 1 heterocycles. The summed E-state index contributed by atoms with van der Waals surface area (Å²) in [5, 5.41) is 14.3. The third-order valence-electron chi connectivity index (χ3n) is 3.67. The molecule has 4 nitrogen and oxygen atoms in total. The molecule has 4 heteroatoms. The van der Waals surface area contributed by atoms with Gasteiger partial charge in [-0.2, -0.15) is 0 Å². The van der Waals surface area contributed by atoms with E-state index < -0.39 is 0 Å². The van der Waals surface area contributed by atoms with E-state index in [1.807, 2.05) is 42.5 Å². The predicted octanol–water partition coefficient (Wildman–Crippen LogP) is 4.11. The van der Waals surface area contributed by atoms with Crippen LogP contribution >= 0.6 is 0 Å². The SMILES string of the molecule is COc1c(C(C)=NO)ccc2cc(-c3ccccn3)ccc12. The Kier molecular flexibility index (Phi) is 3.74. The Morgan fingerprint density at radius 2 is 2.00 bits per heavy atom. The van der Waals surface area contributed by atoms with Gasteiger partial charge in [-0.25, -0.2) is 0 Å². The molecule has 2 aromatic carbocycles. The molecule has 1 N–H and O–H groups in total. The van der Waals surface area contributed by atoms with E-state index in [9.17, 15) is 0 Å². The van der Waals surface area contributed by atoms with Crippen LogP contribution in [0.15, 0.2) is 59.9 Å². The summed E-state index contributed by atoms with van der Waals surface area (Å²) in [6.07, 6.45) is 1.78. The third kappa shape index (κ3) is 2.39. The Bertz CT molecular complexity index is 842. The molecule has 110 valence electrons. The average Bonchev–Trinajstić information content (AvgIpc) is 2.60. The van der Waals surface area contributed by atoms with Gasteiger partial charge in [-0.1, -0.05) is 23.4 Å². The van der Waals surface area contributed by atoms with Crippen molar-refractivity contribution in [1.29, 1.82) is 0 Å². The summed E-state index contributed by atoms with van der Waals surface area (Å²) in [5.41, 5.74) is 3.28. The zero-order valence-electron chi connectivity index (χ0n) is 12.4. The molecule has 0 unspecified atom stereocenters. The van der Waals surface area contributed by atoms with E-state index in [1.165, 1.54) is 0 Å². The van der Waals surface area contributed by atoms with Gasteiger partial charge in [0, 0.05) is 22.7 Å². The van der Waals surface area contributed by atoms with Crippen molar-refractivity contribution < 1.29 is 9.94 Å². The maximum absolute atomic E-state index is 9.00. The lowest BCUT2D eigenvalue weighted by Crippen LogP contribution is -1.99. The van der Waals surface area contributed by atoms with Crippen molar-refractivity contribution in [3.05, 3.63) is 60.3 Å². The van der Waals surface area contributed by atoms with Crippen LogP contribution in [0.3, 0.4) is 0 Å². The molecule has 0 fully saturated rings. The Morgan fingerprint density at radius 3 is 2.68 bits per heavy atom. The predicted molar refractivity (Wildman–Crippen MR) is 87.7 cm³/mol. The Hall–Kier alpha value is -2.88. The smallest absolute Gasteiger partial charge is 0.135 e. The summed E-state index contributed by atoms with van der Waals surface area (Å²) in [6, 6.07) is 15.8. The van der Waals surface area contributed by atoms with E-state index >= 15 is 0 Å². The molecule has 0 bridgehead atoms. The van der Waals surface area contributed by atoms with Gasteiger partial charge < -0.3 is 9.94 Å². The monoisotopic (exact) mass is 292 g/mol. The zero-order valence-corrected chi connectivity index (χ0v) is 12.4. The van der Waals surface area contributed by atoms with Crippen LogP contribution in [0.4, 0.5) is 0 Å². The largest absolute Gasteiger partial charge is 0.495 e. The first-order chi connectivity index (χ1) is 10.7. The van der Waals surface area contributed by atoms with Gasteiger partial charge >= 0.3 is 0 Å². The van der Waals surface area contributed by atoms with E-state index in [0.717, 1.165) is 27.6 Å². The minimum atomic E-state index is 0.521. The number of methoxy groups -OCH3 is 1. The molecule has 3 aromatic rings. The molecule has 1 aromatic heterocycles. The molecule has 0 saturated heterocycles. The summed E-state index contributed by atoms with van der Waals surface area (Å²) in [7, 11) is 1.62. The third-order valence-corrected chi connectivity index (χ3v) is 3.67. The number of hydrogen-bond acceptors (Lipinski definition) is 4. The van der Waals surface area contributed by atoms with Crippen LogP contribution in [0.5, 0.6) is 5.75 Å². The van der Waals surface area contributed by atoms with Gasteiger partial charge in [0.2, 0.25) is 0 Å². The molecule has 0 atom stereocenters. The van der Waals surface area contributed by atoms with Crippen molar-refractivity contribution >= 4 is 16.5 Å². The van der Waals surface area contributed by atoms with E-state index in [0.29, 0.717) is 11.5 Å². The fourth-order valence-corrected chi connectivity index (χ4v) is 2.55. The van der Waals surface area contributed by atoms with Crippen LogP contribution in [-0.4, -0.2) is 23.0 Å². The highest BCUT2D eigenvalue weighted by molar-refractivity contribution is 6.06. The molecule has 0 aliphatic carbocycles. The molecule has 0 aliphatic heterocycles. The number of hydrogen-bond donors (Lipinski definition) is 1. The van der Waals surface area contributed by atoms with Crippen molar-refractivity contribution in [3.8, 4) is 17.0 Å². The maximum Gasteiger partial charge on any atom is 0.135 e. The fraction of sp³-hybridized carbons (Fsp3) is 0.111. The van der Waals surface area contributed by atoms with Gasteiger partial charge in [0.25, 0.3) is 0 Å². The van der Waals surface area contributed by atoms with Gasteiger partial charge in [-0.15, -0.1) is 0 Å². The number of ether oxygens (including phenoxy) is 1. The van der Waals surface area contributed by atoms with Crippen LogP contribution in [0, 0.1) is 0 Å². The van der Waals surface area contributed by atoms with E-state index in [2.05, 4.69) is 16.2 Å². The van der Waals surface area contributed by atoms with Crippen molar-refractivity contribution in [2.75, 3.05) is 7.11 Å². The van der Waals surface area contributed by atoms with Gasteiger partial charge in [-0.3, -0.25) is 4.98 Å². The zero-order chi connectivity index (χ0) is 15.5. The van der Waals surface area contributed by atoms with Crippen LogP contribution < -0.4 is 4.74 Å². The fourth-order valence-electron chi connectivity index (χ4n) is 2.55. The number of fused-ring (bicyclic) bond motifs is 1. The van der Waals surface area contributed by atoms with Crippen LogP contribution in [0.2, 0.25) is 0 Å². The van der Waals surface area contributed by atoms with Gasteiger partial charge in [0.05, 0.1) is 18.5 Å². The number of benzene rings is 2. The molecule has 0 spiro atoms. The van der Waals surface area contributed by atoms with E-state index in [4.69, 9.17) is 9.94 Å². The van der Waals surface area contributed by atoms with E-state index in [-0.39, 0.29) is 0 Å². The highest BCUT2D eigenvalue weighted by Crippen LogP contribution is 2.32. The number of nitrogens with zero attached hydrogens (tertiary/aromatic N) is 2. The van der Waals surface area contributed by atoms with Crippen LogP contribution in [0.25, 0.3) is 22.0 Å². The lowest BCUT2D eigenvalue weighted by Gasteiger charge is -2.12. The molecule has 0 amide bonds. The van der Waals surface area contributed by atoms with E-state index in [1.54, 1.807) is 20.2 Å². The minimum absolute atomic E-state index is 0.521. The molecular formula is C18H16N2O2. The van der Waals surface area contributed by atoms with Crippen LogP contribution in [-0.2, 0) is 0 Å². The molecule has 22 heavy (non-hydrogen) atoms. The van der Waals surface area contributed by atoms with Gasteiger partial charge in [-0.05, 0) is 42.6 Å². The van der Waals surface area contributed by atoms with Crippen molar-refractivity contribution in [3.63, 3.8) is 0 Å². The second-order valence-electron chi connectivity index (χ2n) is 4.98. The minimum Gasteiger partial charge on any atom is -0.495 e. The highest BCUT2D eigenvalue weighted by Gasteiger charge is 2.12. The molecule has 0 radical (unpaired) electrons. The van der Waals surface area contributed by atoms with Crippen molar-refractivity contribution in [2.24, 2.45) is 5.16 Å². The number of oxime groups is 1. The lowest BCUT2D eigenvalue weighted by molar-refractivity contribution is 0.318. The quantitative estimate of drug-likeness (QED) is 0.449. The molecule has 0 aliphatic rings. The second-order valence-corrected chi connectivity index (χ2v) is 4.98. The number of pyridine rings is 1. The Labute approximate surface area is 128 Å². The molecule has 0 saturated carbocycles. The van der Waals surface area contributed by atoms with Gasteiger partial charge in [0.15, 0.2) is 0 Å². The Morgan fingerprint density at radius 1 is 1.14 bits per heavy atom. The van der Waals surface area contributed by atoms with Crippen LogP contribution in [0.1, 0.15) is 12.5 Å². The van der Waals surface area contributed by atoms with Crippen molar-refractivity contribution in [2.45, 2.75) is 6.92 Å². The normalized spacial score (nSPS) is 11.6. The first kappa shape index (κ1) is 14.1. The summed E-state index contributed by atoms with van der Waals surface area (Å²) < 4.78 is 5.52. The summed E-state index contributed by atoms with van der Waals surface area (Å²) >= 11 is 0. The standard InChI is InChI=1S/C18H16N2O2/c1-12(20-21)15-8-6-13-11-14(17-5-3-4-10-19-17)7-9-16(13)18(15)22-2/h3-11,21H,1-2H3. The summed E-state index contributed by atoms with van der Waals surface area (Å²) in [6.45, 7) is 1.74. The lowest BCUT2D eigenvalue weighted by atomic mass is 9.99. The summed E-state index contributed by atoms with van der Waals surface area (Å²) in [5.74, 6) is 0.709. The van der Waals surface area contributed by atoms with Crippen molar-refractivity contribution in [1.82, 2.24) is 4.98 Å². The second kappa shape index (κ2) is 5.85. The average molecular weight is 292 g/mol. The molecular weight excluding hydrogens is 276 g/mol. The maximum atomic E-state index is 9.00. The highest BCUT2D eigenvalue weighted by atomic mass is 16.5.